The molecular formula is C25H31N5O3S. The molecule has 0 radical (unpaired) electrons. The smallest absolute Gasteiger partial charge is 0.261 e. The number of piperidine rings is 1. The summed E-state index contributed by atoms with van der Waals surface area (Å²) < 4.78 is 33.8. The van der Waals surface area contributed by atoms with Crippen molar-refractivity contribution in [1.82, 2.24) is 9.97 Å². The number of nitrogens with zero attached hydrogens (tertiary/aromatic N) is 3. The molecule has 0 bridgehead atoms. The van der Waals surface area contributed by atoms with Gasteiger partial charge in [-0.15, -0.1) is 0 Å². The zero-order chi connectivity index (χ0) is 24.1. The van der Waals surface area contributed by atoms with E-state index in [1.807, 2.05) is 26.8 Å². The minimum atomic E-state index is -3.72. The van der Waals surface area contributed by atoms with Crippen LogP contribution in [0, 0.1) is 13.8 Å². The van der Waals surface area contributed by atoms with Gasteiger partial charge in [-0.25, -0.2) is 13.4 Å². The average Bonchev–Trinajstić information content (AvgIpc) is 2.82. The normalized spacial score (nSPS) is 14.0. The molecule has 0 amide bonds. The Hall–Kier alpha value is -3.33. The van der Waals surface area contributed by atoms with Gasteiger partial charge in [0.05, 0.1) is 11.5 Å². The monoisotopic (exact) mass is 481 g/mol. The fourth-order valence-electron chi connectivity index (χ4n) is 3.96. The molecule has 3 aromatic rings. The summed E-state index contributed by atoms with van der Waals surface area (Å²) in [6, 6.07) is 13.9. The van der Waals surface area contributed by atoms with Gasteiger partial charge in [-0.3, -0.25) is 4.72 Å². The Morgan fingerprint density at radius 1 is 0.941 bits per heavy atom. The van der Waals surface area contributed by atoms with Crippen molar-refractivity contribution in [3.05, 3.63) is 59.8 Å². The molecular weight excluding hydrogens is 450 g/mol. The van der Waals surface area contributed by atoms with E-state index in [9.17, 15) is 8.42 Å². The predicted octanol–water partition coefficient (Wildman–Crippen LogP) is 5.03. The summed E-state index contributed by atoms with van der Waals surface area (Å²) >= 11 is 0. The van der Waals surface area contributed by atoms with Crippen molar-refractivity contribution >= 4 is 33.2 Å². The molecule has 2 heterocycles. The number of aryl methyl sites for hydroxylation is 2. The van der Waals surface area contributed by atoms with E-state index in [-0.39, 0.29) is 4.90 Å². The lowest BCUT2D eigenvalue weighted by Gasteiger charge is -2.28. The third-order valence-corrected chi connectivity index (χ3v) is 7.05. The molecule has 9 heteroatoms. The number of hydrogen-bond acceptors (Lipinski definition) is 7. The van der Waals surface area contributed by atoms with Crippen molar-refractivity contribution in [2.24, 2.45) is 0 Å². The topological polar surface area (TPSA) is 96.5 Å². The molecule has 1 aliphatic heterocycles. The van der Waals surface area contributed by atoms with Crippen molar-refractivity contribution in [2.75, 3.05) is 34.6 Å². The van der Waals surface area contributed by atoms with E-state index in [4.69, 9.17) is 4.74 Å². The SMILES string of the molecule is CCOc1ccc(S(=O)(=O)Nc2ccc(Nc3nc(C)cc(N4CCCCC4)n3)cc2)cc1C. The minimum Gasteiger partial charge on any atom is -0.494 e. The van der Waals surface area contributed by atoms with Crippen LogP contribution in [0.4, 0.5) is 23.1 Å². The van der Waals surface area contributed by atoms with Gasteiger partial charge >= 0.3 is 0 Å². The molecule has 8 nitrogen and oxygen atoms in total. The predicted molar refractivity (Wildman–Crippen MR) is 136 cm³/mol. The quantitative estimate of drug-likeness (QED) is 0.466. The number of rotatable bonds is 8. The number of sulfonamides is 1. The fraction of sp³-hybridized carbons (Fsp3) is 0.360. The van der Waals surface area contributed by atoms with Crippen molar-refractivity contribution in [3.8, 4) is 5.75 Å². The van der Waals surface area contributed by atoms with Crippen LogP contribution in [0.1, 0.15) is 37.4 Å². The van der Waals surface area contributed by atoms with Crippen LogP contribution in [-0.4, -0.2) is 38.1 Å². The number of benzene rings is 2. The fourth-order valence-corrected chi connectivity index (χ4v) is 5.11. The van der Waals surface area contributed by atoms with Gasteiger partial charge in [-0.2, -0.15) is 4.98 Å². The molecule has 0 unspecified atom stereocenters. The highest BCUT2D eigenvalue weighted by Crippen LogP contribution is 2.25. The summed E-state index contributed by atoms with van der Waals surface area (Å²) in [6.45, 7) is 8.23. The first-order chi connectivity index (χ1) is 16.3. The van der Waals surface area contributed by atoms with Crippen LogP contribution in [0.3, 0.4) is 0 Å². The van der Waals surface area contributed by atoms with E-state index in [1.54, 1.807) is 42.5 Å². The van der Waals surface area contributed by atoms with Crippen molar-refractivity contribution < 1.29 is 13.2 Å². The maximum Gasteiger partial charge on any atom is 0.261 e. The van der Waals surface area contributed by atoms with Crippen molar-refractivity contribution in [2.45, 2.75) is 44.9 Å². The Kier molecular flexibility index (Phi) is 7.21. The Morgan fingerprint density at radius 3 is 2.32 bits per heavy atom. The highest BCUT2D eigenvalue weighted by molar-refractivity contribution is 7.92. The minimum absolute atomic E-state index is 0.189. The standard InChI is InChI=1S/C25H31N5O3S/c1-4-33-23-13-12-22(16-18(23)2)34(31,32)29-21-10-8-20(9-11-21)27-25-26-19(3)17-24(28-25)30-14-6-5-7-15-30/h8-13,16-17,29H,4-7,14-15H2,1-3H3,(H,26,27,28). The van der Waals surface area contributed by atoms with Gasteiger partial charge < -0.3 is 15.0 Å². The molecule has 0 atom stereocenters. The van der Waals surface area contributed by atoms with Crippen molar-refractivity contribution in [3.63, 3.8) is 0 Å². The Bertz CT molecular complexity index is 1240. The zero-order valence-corrected chi connectivity index (χ0v) is 20.7. The molecule has 34 heavy (non-hydrogen) atoms. The molecule has 2 N–H and O–H groups in total. The van der Waals surface area contributed by atoms with Crippen LogP contribution in [-0.2, 0) is 10.0 Å². The molecule has 0 aliphatic carbocycles. The van der Waals surface area contributed by atoms with Crippen LogP contribution in [0.2, 0.25) is 0 Å². The van der Waals surface area contributed by atoms with E-state index in [1.165, 1.54) is 19.3 Å². The summed E-state index contributed by atoms with van der Waals surface area (Å²) in [7, 11) is -3.72. The first kappa shape index (κ1) is 23.8. The van der Waals surface area contributed by atoms with E-state index in [0.29, 0.717) is 24.0 Å². The maximum atomic E-state index is 12.8. The van der Waals surface area contributed by atoms with Gasteiger partial charge in [0, 0.05) is 36.2 Å². The maximum absolute atomic E-state index is 12.8. The summed E-state index contributed by atoms with van der Waals surface area (Å²) in [6.07, 6.45) is 3.62. The van der Waals surface area contributed by atoms with Gasteiger partial charge in [0.15, 0.2) is 0 Å². The van der Waals surface area contributed by atoms with Crippen LogP contribution >= 0.6 is 0 Å². The molecule has 4 rings (SSSR count). The van der Waals surface area contributed by atoms with Crippen LogP contribution in [0.5, 0.6) is 5.75 Å². The largest absolute Gasteiger partial charge is 0.494 e. The average molecular weight is 482 g/mol. The highest BCUT2D eigenvalue weighted by Gasteiger charge is 2.17. The van der Waals surface area contributed by atoms with Crippen LogP contribution in [0.15, 0.2) is 53.4 Å². The highest BCUT2D eigenvalue weighted by atomic mass is 32.2. The van der Waals surface area contributed by atoms with Gasteiger partial charge in [0.25, 0.3) is 10.0 Å². The number of hydrogen-bond donors (Lipinski definition) is 2. The van der Waals surface area contributed by atoms with Gasteiger partial charge in [0.1, 0.15) is 11.6 Å². The first-order valence-electron chi connectivity index (χ1n) is 11.6. The third kappa shape index (κ3) is 5.77. The lowest BCUT2D eigenvalue weighted by atomic mass is 10.1. The summed E-state index contributed by atoms with van der Waals surface area (Å²) in [4.78, 5) is 11.7. The Morgan fingerprint density at radius 2 is 1.65 bits per heavy atom. The summed E-state index contributed by atoms with van der Waals surface area (Å²) in [5.74, 6) is 2.14. The number of ether oxygens (including phenoxy) is 1. The summed E-state index contributed by atoms with van der Waals surface area (Å²) in [5, 5.41) is 3.23. The first-order valence-corrected chi connectivity index (χ1v) is 13.1. The van der Waals surface area contributed by atoms with E-state index in [2.05, 4.69) is 24.9 Å². The molecule has 180 valence electrons. The van der Waals surface area contributed by atoms with Gasteiger partial charge in [0.2, 0.25) is 5.95 Å². The van der Waals surface area contributed by atoms with Crippen LogP contribution < -0.4 is 19.7 Å². The number of anilines is 4. The Balaban J connectivity index is 1.45. The Labute approximate surface area is 201 Å². The molecule has 0 saturated carbocycles. The van der Waals surface area contributed by atoms with Gasteiger partial charge in [-0.05, 0) is 88.1 Å². The van der Waals surface area contributed by atoms with E-state index in [0.717, 1.165) is 35.9 Å². The second-order valence-electron chi connectivity index (χ2n) is 8.41. The van der Waals surface area contributed by atoms with Gasteiger partial charge in [-0.1, -0.05) is 0 Å². The molecule has 1 fully saturated rings. The lowest BCUT2D eigenvalue weighted by molar-refractivity contribution is 0.337. The number of aromatic nitrogens is 2. The molecule has 1 aromatic heterocycles. The molecule has 1 aliphatic rings. The summed E-state index contributed by atoms with van der Waals surface area (Å²) in [5.41, 5.74) is 2.91. The second kappa shape index (κ2) is 10.3. The molecule has 0 spiro atoms. The van der Waals surface area contributed by atoms with E-state index >= 15 is 0 Å². The number of nitrogens with one attached hydrogen (secondary N) is 2. The third-order valence-electron chi connectivity index (χ3n) is 5.67. The van der Waals surface area contributed by atoms with Crippen LogP contribution in [0.25, 0.3) is 0 Å². The second-order valence-corrected chi connectivity index (χ2v) is 10.1. The zero-order valence-electron chi connectivity index (χ0n) is 19.8. The lowest BCUT2D eigenvalue weighted by Crippen LogP contribution is -2.30. The molecule has 2 aromatic carbocycles. The van der Waals surface area contributed by atoms with Crippen molar-refractivity contribution in [1.29, 1.82) is 0 Å². The molecule has 1 saturated heterocycles. The van der Waals surface area contributed by atoms with E-state index < -0.39 is 10.0 Å².